The Kier molecular flexibility index (Phi) is 6.26. The fourth-order valence-electron chi connectivity index (χ4n) is 4.15. The average molecular weight is 473 g/mol. The molecule has 0 radical (unpaired) electrons. The van der Waals surface area contributed by atoms with Gasteiger partial charge >= 0.3 is 0 Å². The maximum absolute atomic E-state index is 14.4. The van der Waals surface area contributed by atoms with E-state index in [2.05, 4.69) is 20.8 Å². The van der Waals surface area contributed by atoms with Crippen LogP contribution < -0.4 is 5.32 Å². The van der Waals surface area contributed by atoms with E-state index in [-0.39, 0.29) is 28.0 Å². The summed E-state index contributed by atoms with van der Waals surface area (Å²) in [5, 5.41) is 13.7. The summed E-state index contributed by atoms with van der Waals surface area (Å²) in [7, 11) is -3.75. The van der Waals surface area contributed by atoms with Gasteiger partial charge < -0.3 is 5.32 Å². The molecule has 2 atom stereocenters. The number of piperidine rings is 1. The molecule has 1 amide bonds. The number of benzene rings is 2. The zero-order valence-electron chi connectivity index (χ0n) is 18.6. The summed E-state index contributed by atoms with van der Waals surface area (Å²) in [6.45, 7) is 6.63. The molecule has 2 heterocycles. The zero-order chi connectivity index (χ0) is 23.8. The van der Waals surface area contributed by atoms with Gasteiger partial charge in [0.2, 0.25) is 10.0 Å². The molecule has 11 heteroatoms. The molecule has 1 saturated heterocycles. The fourth-order valence-corrected chi connectivity index (χ4v) is 5.88. The SMILES string of the molecule is Cc1nnnn1-c1ccc(F)c(NC(=O)c2cccc(S(=O)(=O)N3CC(C)CC(C)C3)c2)c1. The van der Waals surface area contributed by atoms with Gasteiger partial charge in [0.15, 0.2) is 5.82 Å². The molecule has 2 unspecified atom stereocenters. The Bertz CT molecular complexity index is 1280. The minimum absolute atomic E-state index is 0.0370. The molecule has 33 heavy (non-hydrogen) atoms. The number of rotatable bonds is 5. The fraction of sp³-hybridized carbons (Fsp3) is 0.364. The maximum atomic E-state index is 14.4. The molecule has 0 saturated carbocycles. The van der Waals surface area contributed by atoms with Crippen molar-refractivity contribution < 1.29 is 17.6 Å². The monoisotopic (exact) mass is 472 g/mol. The first-order chi connectivity index (χ1) is 15.6. The lowest BCUT2D eigenvalue weighted by molar-refractivity contribution is 0.102. The second-order valence-electron chi connectivity index (χ2n) is 8.55. The first kappa shape index (κ1) is 23.0. The summed E-state index contributed by atoms with van der Waals surface area (Å²) in [4.78, 5) is 12.9. The van der Waals surface area contributed by atoms with Gasteiger partial charge in [-0.2, -0.15) is 8.99 Å². The van der Waals surface area contributed by atoms with Crippen molar-refractivity contribution in [3.63, 3.8) is 0 Å². The van der Waals surface area contributed by atoms with Gasteiger partial charge in [0.05, 0.1) is 16.3 Å². The van der Waals surface area contributed by atoms with E-state index in [0.717, 1.165) is 6.42 Å². The number of carbonyl (C=O) groups excluding carboxylic acids is 1. The number of hydrogen-bond donors (Lipinski definition) is 1. The third-order valence-corrected chi connectivity index (χ3v) is 7.47. The van der Waals surface area contributed by atoms with E-state index in [1.807, 2.05) is 13.8 Å². The quantitative estimate of drug-likeness (QED) is 0.611. The van der Waals surface area contributed by atoms with E-state index >= 15 is 0 Å². The lowest BCUT2D eigenvalue weighted by atomic mass is 9.94. The minimum Gasteiger partial charge on any atom is -0.319 e. The molecule has 1 aliphatic heterocycles. The number of anilines is 1. The lowest BCUT2D eigenvalue weighted by Gasteiger charge is -2.34. The van der Waals surface area contributed by atoms with Crippen LogP contribution in [-0.4, -0.2) is 51.9 Å². The molecule has 0 spiro atoms. The molecule has 1 N–H and O–H groups in total. The molecule has 0 aliphatic carbocycles. The molecule has 4 rings (SSSR count). The van der Waals surface area contributed by atoms with Gasteiger partial charge in [-0.05, 0) is 72.0 Å². The van der Waals surface area contributed by atoms with Crippen molar-refractivity contribution in [2.24, 2.45) is 11.8 Å². The van der Waals surface area contributed by atoms with Crippen LogP contribution in [0.4, 0.5) is 10.1 Å². The number of hydrogen-bond acceptors (Lipinski definition) is 6. The lowest BCUT2D eigenvalue weighted by Crippen LogP contribution is -2.42. The molecular formula is C22H25FN6O3S. The molecule has 1 aliphatic rings. The third-order valence-electron chi connectivity index (χ3n) is 5.64. The summed E-state index contributed by atoms with van der Waals surface area (Å²) in [5.41, 5.74) is 0.510. The third kappa shape index (κ3) is 4.79. The van der Waals surface area contributed by atoms with Gasteiger partial charge in [-0.25, -0.2) is 12.8 Å². The summed E-state index contributed by atoms with van der Waals surface area (Å²) >= 11 is 0. The van der Waals surface area contributed by atoms with Crippen molar-refractivity contribution in [1.82, 2.24) is 24.5 Å². The van der Waals surface area contributed by atoms with Crippen LogP contribution in [-0.2, 0) is 10.0 Å². The highest BCUT2D eigenvalue weighted by molar-refractivity contribution is 7.89. The number of aryl methyl sites for hydroxylation is 1. The predicted octanol–water partition coefficient (Wildman–Crippen LogP) is 3.03. The number of aromatic nitrogens is 4. The number of tetrazole rings is 1. The standard InChI is InChI=1S/C22H25FN6O3S/c1-14-9-15(2)13-28(12-14)33(31,32)19-6-4-5-17(10-19)22(30)24-21-11-18(7-8-20(21)23)29-16(3)25-26-27-29/h4-8,10-11,14-15H,9,12-13H2,1-3H3,(H,24,30). The molecule has 2 aromatic carbocycles. The molecule has 174 valence electrons. The van der Waals surface area contributed by atoms with Gasteiger partial charge in [-0.1, -0.05) is 19.9 Å². The van der Waals surface area contributed by atoms with Crippen molar-refractivity contribution in [2.75, 3.05) is 18.4 Å². The van der Waals surface area contributed by atoms with Crippen molar-refractivity contribution in [2.45, 2.75) is 32.1 Å². The second-order valence-corrected chi connectivity index (χ2v) is 10.5. The average Bonchev–Trinajstić information content (AvgIpc) is 3.20. The van der Waals surface area contributed by atoms with Crippen LogP contribution >= 0.6 is 0 Å². The van der Waals surface area contributed by atoms with E-state index in [4.69, 9.17) is 0 Å². The van der Waals surface area contributed by atoms with Crippen LogP contribution in [0, 0.1) is 24.6 Å². The molecule has 9 nitrogen and oxygen atoms in total. The minimum atomic E-state index is -3.75. The molecule has 1 aromatic heterocycles. The predicted molar refractivity (Wildman–Crippen MR) is 120 cm³/mol. The van der Waals surface area contributed by atoms with Crippen molar-refractivity contribution >= 4 is 21.6 Å². The number of halogens is 1. The van der Waals surface area contributed by atoms with Crippen LogP contribution in [0.25, 0.3) is 5.69 Å². The zero-order valence-corrected chi connectivity index (χ0v) is 19.4. The van der Waals surface area contributed by atoms with Gasteiger partial charge in [0.1, 0.15) is 5.82 Å². The smallest absolute Gasteiger partial charge is 0.255 e. The Labute approximate surface area is 191 Å². The Balaban J connectivity index is 1.58. The first-order valence-corrected chi connectivity index (χ1v) is 12.1. The summed E-state index contributed by atoms with van der Waals surface area (Å²) in [5.74, 6) is -0.254. The van der Waals surface area contributed by atoms with Gasteiger partial charge in [0, 0.05) is 18.7 Å². The Morgan fingerprint density at radius 1 is 1.12 bits per heavy atom. The molecule has 1 fully saturated rings. The first-order valence-electron chi connectivity index (χ1n) is 10.6. The van der Waals surface area contributed by atoms with E-state index in [1.54, 1.807) is 6.92 Å². The summed E-state index contributed by atoms with van der Waals surface area (Å²) < 4.78 is 43.6. The van der Waals surface area contributed by atoms with E-state index in [1.165, 1.54) is 51.5 Å². The Morgan fingerprint density at radius 2 is 1.85 bits per heavy atom. The van der Waals surface area contributed by atoms with Crippen LogP contribution in [0.5, 0.6) is 0 Å². The van der Waals surface area contributed by atoms with E-state index in [9.17, 15) is 17.6 Å². The van der Waals surface area contributed by atoms with Crippen molar-refractivity contribution in [1.29, 1.82) is 0 Å². The highest BCUT2D eigenvalue weighted by atomic mass is 32.2. The van der Waals surface area contributed by atoms with Crippen molar-refractivity contribution in [3.05, 3.63) is 59.7 Å². The molecular weight excluding hydrogens is 447 g/mol. The number of nitrogens with zero attached hydrogens (tertiary/aromatic N) is 5. The largest absolute Gasteiger partial charge is 0.319 e. The van der Waals surface area contributed by atoms with Crippen LogP contribution in [0.15, 0.2) is 47.4 Å². The number of amides is 1. The van der Waals surface area contributed by atoms with Gasteiger partial charge in [-0.15, -0.1) is 5.10 Å². The second kappa shape index (κ2) is 8.99. The maximum Gasteiger partial charge on any atom is 0.255 e. The van der Waals surface area contributed by atoms with E-state index < -0.39 is 21.7 Å². The Morgan fingerprint density at radius 3 is 2.52 bits per heavy atom. The number of carbonyl (C=O) groups is 1. The van der Waals surface area contributed by atoms with Crippen LogP contribution in [0.2, 0.25) is 0 Å². The van der Waals surface area contributed by atoms with Gasteiger partial charge in [-0.3, -0.25) is 4.79 Å². The Hall–Kier alpha value is -3.18. The van der Waals surface area contributed by atoms with Gasteiger partial charge in [0.25, 0.3) is 5.91 Å². The topological polar surface area (TPSA) is 110 Å². The molecule has 3 aromatic rings. The van der Waals surface area contributed by atoms with Crippen LogP contribution in [0.3, 0.4) is 0 Å². The molecule has 0 bridgehead atoms. The highest BCUT2D eigenvalue weighted by Gasteiger charge is 2.32. The normalized spacial score (nSPS) is 19.4. The van der Waals surface area contributed by atoms with Crippen LogP contribution in [0.1, 0.15) is 36.5 Å². The number of nitrogens with one attached hydrogen (secondary N) is 1. The van der Waals surface area contributed by atoms with Crippen molar-refractivity contribution in [3.8, 4) is 5.69 Å². The summed E-state index contributed by atoms with van der Waals surface area (Å²) in [6.07, 6.45) is 0.975. The van der Waals surface area contributed by atoms with E-state index in [0.29, 0.717) is 24.6 Å². The highest BCUT2D eigenvalue weighted by Crippen LogP contribution is 2.27. The summed E-state index contributed by atoms with van der Waals surface area (Å²) in [6, 6.07) is 9.89. The number of sulfonamides is 1.